The molecule has 0 aliphatic carbocycles. The fourth-order valence-corrected chi connectivity index (χ4v) is 3.25. The smallest absolute Gasteiger partial charge is 0.416 e. The van der Waals surface area contributed by atoms with Gasteiger partial charge in [0, 0.05) is 15.8 Å². The minimum Gasteiger partial charge on any atom is -0.487 e. The molecule has 0 fully saturated rings. The predicted molar refractivity (Wildman–Crippen MR) is 114 cm³/mol. The number of hydrogen-bond donors (Lipinski definition) is 2. The van der Waals surface area contributed by atoms with Crippen molar-refractivity contribution in [1.82, 2.24) is 5.32 Å². The third-order valence-corrected chi connectivity index (χ3v) is 5.13. The lowest BCUT2D eigenvalue weighted by atomic mass is 10.0. The average molecular weight is 466 g/mol. The number of alkyl halides is 3. The van der Waals surface area contributed by atoms with Crippen molar-refractivity contribution in [2.45, 2.75) is 32.2 Å². The summed E-state index contributed by atoms with van der Waals surface area (Å²) >= 11 is 6.33. The zero-order valence-electron chi connectivity index (χ0n) is 17.1. The maximum Gasteiger partial charge on any atom is 0.416 e. The molecule has 0 aromatic heterocycles. The Balaban J connectivity index is 1.99. The third kappa shape index (κ3) is 4.96. The first-order valence-electron chi connectivity index (χ1n) is 9.46. The summed E-state index contributed by atoms with van der Waals surface area (Å²) in [4.78, 5) is 24.3. The van der Waals surface area contributed by atoms with Crippen LogP contribution in [-0.2, 0) is 17.6 Å². The topological polar surface area (TPSA) is 75.6 Å². The lowest BCUT2D eigenvalue weighted by Gasteiger charge is -2.22. The number of amides is 1. The number of nitrogens with one attached hydrogen (secondary N) is 1. The Kier molecular flexibility index (Phi) is 6.37. The molecule has 0 saturated heterocycles. The second kappa shape index (κ2) is 8.70. The minimum atomic E-state index is -4.45. The summed E-state index contributed by atoms with van der Waals surface area (Å²) in [6.45, 7) is 2.55. The molecule has 0 unspecified atom stereocenters. The second-order valence-electron chi connectivity index (χ2n) is 7.65. The van der Waals surface area contributed by atoms with E-state index in [2.05, 4.69) is 5.32 Å². The molecule has 9 heteroatoms. The molecule has 0 aliphatic rings. The van der Waals surface area contributed by atoms with Crippen LogP contribution in [-0.4, -0.2) is 22.5 Å². The molecule has 32 heavy (non-hydrogen) atoms. The number of carbonyl (C=O) groups is 2. The Labute approximate surface area is 186 Å². The van der Waals surface area contributed by atoms with Gasteiger partial charge in [0.1, 0.15) is 17.9 Å². The second-order valence-corrected chi connectivity index (χ2v) is 8.06. The van der Waals surface area contributed by atoms with Crippen LogP contribution in [0.1, 0.15) is 35.3 Å². The number of ether oxygens (including phenoxy) is 1. The summed E-state index contributed by atoms with van der Waals surface area (Å²) in [6, 6.07) is 12.7. The van der Waals surface area contributed by atoms with E-state index in [4.69, 9.17) is 16.3 Å². The highest BCUT2D eigenvalue weighted by atomic mass is 35.5. The molecule has 0 saturated carbocycles. The van der Waals surface area contributed by atoms with E-state index in [1.54, 1.807) is 24.3 Å². The molecular formula is C23H19ClF3NO4. The number of carbonyl (C=O) groups excluding carboxylic acids is 1. The van der Waals surface area contributed by atoms with Gasteiger partial charge < -0.3 is 15.2 Å². The number of fused-ring (bicyclic) bond motifs is 1. The van der Waals surface area contributed by atoms with Crippen LogP contribution in [0.15, 0.2) is 54.6 Å². The van der Waals surface area contributed by atoms with Gasteiger partial charge in [-0.05, 0) is 37.6 Å². The van der Waals surface area contributed by atoms with Crippen molar-refractivity contribution in [2.24, 2.45) is 0 Å². The van der Waals surface area contributed by atoms with Crippen molar-refractivity contribution < 1.29 is 32.6 Å². The van der Waals surface area contributed by atoms with Crippen molar-refractivity contribution in [3.05, 3.63) is 76.3 Å². The standard InChI is InChI=1S/C23H19ClF3NO4/c1-22(2,21(30)31)28-20(29)17-11-18(24)15-5-3-4-6-16(15)19(17)32-12-13-7-9-14(10-8-13)23(25,26)27/h3-11H,12H2,1-2H3,(H,28,29)(H,30,31). The predicted octanol–water partition coefficient (Wildman–Crippen LogP) is 5.68. The van der Waals surface area contributed by atoms with Crippen LogP contribution in [0.3, 0.4) is 0 Å². The number of carboxylic acids is 1. The van der Waals surface area contributed by atoms with E-state index in [1.807, 2.05) is 0 Å². The molecule has 3 rings (SSSR count). The SMILES string of the molecule is CC(C)(NC(=O)c1cc(Cl)c2ccccc2c1OCc1ccc(C(F)(F)F)cc1)C(=O)O. The molecule has 0 heterocycles. The minimum absolute atomic E-state index is 0.00920. The van der Waals surface area contributed by atoms with Crippen molar-refractivity contribution in [2.75, 3.05) is 0 Å². The van der Waals surface area contributed by atoms with Crippen molar-refractivity contribution in [3.63, 3.8) is 0 Å². The third-order valence-electron chi connectivity index (χ3n) is 4.81. The number of carboxylic acid groups (broad SMARTS) is 1. The van der Waals surface area contributed by atoms with E-state index in [0.29, 0.717) is 16.3 Å². The van der Waals surface area contributed by atoms with Crippen LogP contribution < -0.4 is 10.1 Å². The highest BCUT2D eigenvalue weighted by molar-refractivity contribution is 6.36. The quantitative estimate of drug-likeness (QED) is 0.491. The van der Waals surface area contributed by atoms with E-state index in [9.17, 15) is 27.9 Å². The van der Waals surface area contributed by atoms with E-state index >= 15 is 0 Å². The van der Waals surface area contributed by atoms with Crippen LogP contribution in [0.2, 0.25) is 5.02 Å². The van der Waals surface area contributed by atoms with Crippen LogP contribution >= 0.6 is 11.6 Å². The monoisotopic (exact) mass is 465 g/mol. The fourth-order valence-electron chi connectivity index (χ4n) is 2.98. The van der Waals surface area contributed by atoms with Crippen LogP contribution in [0, 0.1) is 0 Å². The molecule has 1 amide bonds. The van der Waals surface area contributed by atoms with Gasteiger partial charge in [0.15, 0.2) is 0 Å². The first-order chi connectivity index (χ1) is 14.9. The molecule has 5 nitrogen and oxygen atoms in total. The number of hydrogen-bond acceptors (Lipinski definition) is 3. The van der Waals surface area contributed by atoms with Gasteiger partial charge in [-0.2, -0.15) is 13.2 Å². The zero-order chi connectivity index (χ0) is 23.7. The average Bonchev–Trinajstić information content (AvgIpc) is 2.72. The van der Waals surface area contributed by atoms with Crippen molar-refractivity contribution >= 4 is 34.2 Å². The maximum atomic E-state index is 12.9. The summed E-state index contributed by atoms with van der Waals surface area (Å²) < 4.78 is 44.2. The molecule has 0 bridgehead atoms. The van der Waals surface area contributed by atoms with Gasteiger partial charge >= 0.3 is 12.1 Å². The van der Waals surface area contributed by atoms with Crippen molar-refractivity contribution in [1.29, 1.82) is 0 Å². The highest BCUT2D eigenvalue weighted by Crippen LogP contribution is 2.36. The first kappa shape index (κ1) is 23.4. The number of halogens is 4. The van der Waals surface area contributed by atoms with Gasteiger partial charge in [0.25, 0.3) is 5.91 Å². The van der Waals surface area contributed by atoms with E-state index in [0.717, 1.165) is 12.1 Å². The van der Waals surface area contributed by atoms with Crippen LogP contribution in [0.4, 0.5) is 13.2 Å². The lowest BCUT2D eigenvalue weighted by Crippen LogP contribution is -2.49. The van der Waals surface area contributed by atoms with E-state index in [-0.39, 0.29) is 22.9 Å². The van der Waals surface area contributed by atoms with E-state index in [1.165, 1.54) is 32.0 Å². The molecule has 2 N–H and O–H groups in total. The number of aliphatic carboxylic acids is 1. The normalized spacial score (nSPS) is 11.9. The summed E-state index contributed by atoms with van der Waals surface area (Å²) in [5.74, 6) is -1.80. The maximum absolute atomic E-state index is 12.9. The fraction of sp³-hybridized carbons (Fsp3) is 0.217. The Hall–Kier alpha value is -3.26. The Morgan fingerprint density at radius 1 is 1.03 bits per heavy atom. The molecular weight excluding hydrogens is 447 g/mol. The van der Waals surface area contributed by atoms with Gasteiger partial charge in [-0.3, -0.25) is 4.79 Å². The van der Waals surface area contributed by atoms with Gasteiger partial charge in [-0.15, -0.1) is 0 Å². The van der Waals surface area contributed by atoms with Crippen molar-refractivity contribution in [3.8, 4) is 5.75 Å². The van der Waals surface area contributed by atoms with Gasteiger partial charge in [-0.1, -0.05) is 48.0 Å². The summed E-state index contributed by atoms with van der Waals surface area (Å²) in [5.41, 5.74) is -1.88. The lowest BCUT2D eigenvalue weighted by molar-refractivity contribution is -0.143. The zero-order valence-corrected chi connectivity index (χ0v) is 17.8. The molecule has 168 valence electrons. The molecule has 3 aromatic carbocycles. The largest absolute Gasteiger partial charge is 0.487 e. The van der Waals surface area contributed by atoms with E-state index < -0.39 is 29.2 Å². The molecule has 0 aliphatic heterocycles. The first-order valence-corrected chi connectivity index (χ1v) is 9.84. The number of benzene rings is 3. The Morgan fingerprint density at radius 2 is 1.62 bits per heavy atom. The molecule has 0 radical (unpaired) electrons. The molecule has 0 atom stereocenters. The Morgan fingerprint density at radius 3 is 2.19 bits per heavy atom. The Bertz CT molecular complexity index is 1170. The van der Waals surface area contributed by atoms with Gasteiger partial charge in [0.05, 0.1) is 11.1 Å². The summed E-state index contributed by atoms with van der Waals surface area (Å²) in [6.07, 6.45) is -4.45. The molecule has 3 aromatic rings. The summed E-state index contributed by atoms with van der Waals surface area (Å²) in [5, 5.41) is 13.1. The van der Waals surface area contributed by atoms with Crippen LogP contribution in [0.25, 0.3) is 10.8 Å². The molecule has 0 spiro atoms. The van der Waals surface area contributed by atoms with Crippen LogP contribution in [0.5, 0.6) is 5.75 Å². The highest BCUT2D eigenvalue weighted by Gasteiger charge is 2.31. The summed E-state index contributed by atoms with van der Waals surface area (Å²) in [7, 11) is 0. The number of rotatable bonds is 6. The van der Waals surface area contributed by atoms with Gasteiger partial charge in [-0.25, -0.2) is 4.79 Å². The van der Waals surface area contributed by atoms with Gasteiger partial charge in [0.2, 0.25) is 0 Å².